The smallest absolute Gasteiger partial charge is 0.326 e. The maximum absolute atomic E-state index is 11.8. The SMILES string of the molecule is O=C(O)C[C@H](NC(=O)c1cc(I)ccc1O)C(=O)O. The lowest BCUT2D eigenvalue weighted by atomic mass is 10.1. The summed E-state index contributed by atoms with van der Waals surface area (Å²) in [6.45, 7) is 0. The number of carbonyl (C=O) groups excluding carboxylic acids is 1. The van der Waals surface area contributed by atoms with Crippen LogP contribution in [0.4, 0.5) is 0 Å². The van der Waals surface area contributed by atoms with Crippen LogP contribution in [-0.2, 0) is 9.59 Å². The largest absolute Gasteiger partial charge is 0.507 e. The third-order valence-electron chi connectivity index (χ3n) is 2.19. The highest BCUT2D eigenvalue weighted by Gasteiger charge is 2.24. The number of nitrogens with one attached hydrogen (secondary N) is 1. The summed E-state index contributed by atoms with van der Waals surface area (Å²) in [4.78, 5) is 33.1. The molecule has 0 aliphatic carbocycles. The summed E-state index contributed by atoms with van der Waals surface area (Å²) >= 11 is 1.92. The standard InChI is InChI=1S/C11H10INO6/c12-5-1-2-8(14)6(3-5)10(17)13-7(11(18)19)4-9(15)16/h1-3,7,14H,4H2,(H,13,17)(H,15,16)(H,18,19)/t7-/m0/s1. The van der Waals surface area contributed by atoms with E-state index in [0.717, 1.165) is 0 Å². The van der Waals surface area contributed by atoms with Crippen LogP contribution in [-0.4, -0.2) is 39.2 Å². The van der Waals surface area contributed by atoms with E-state index in [9.17, 15) is 19.5 Å². The molecule has 1 rings (SSSR count). The Morgan fingerprint density at radius 2 is 1.89 bits per heavy atom. The quantitative estimate of drug-likeness (QED) is 0.557. The Balaban J connectivity index is 2.90. The summed E-state index contributed by atoms with van der Waals surface area (Å²) in [5.74, 6) is -3.96. The summed E-state index contributed by atoms with van der Waals surface area (Å²) in [7, 11) is 0. The number of halogens is 1. The number of carboxylic acids is 2. The number of rotatable bonds is 5. The monoisotopic (exact) mass is 379 g/mol. The number of benzene rings is 1. The van der Waals surface area contributed by atoms with Crippen LogP contribution in [0.2, 0.25) is 0 Å². The molecule has 4 N–H and O–H groups in total. The Morgan fingerprint density at radius 1 is 1.26 bits per heavy atom. The van der Waals surface area contributed by atoms with Crippen molar-refractivity contribution in [1.82, 2.24) is 5.32 Å². The predicted octanol–water partition coefficient (Wildman–Crippen LogP) is 0.654. The van der Waals surface area contributed by atoms with Gasteiger partial charge >= 0.3 is 11.9 Å². The van der Waals surface area contributed by atoms with Gasteiger partial charge in [-0.1, -0.05) is 0 Å². The number of aliphatic carboxylic acids is 2. The molecular weight excluding hydrogens is 369 g/mol. The van der Waals surface area contributed by atoms with Gasteiger partial charge in [0, 0.05) is 3.57 Å². The first kappa shape index (κ1) is 15.2. The fourth-order valence-electron chi connectivity index (χ4n) is 1.30. The van der Waals surface area contributed by atoms with E-state index < -0.39 is 30.3 Å². The number of hydrogen-bond donors (Lipinski definition) is 4. The molecule has 7 nitrogen and oxygen atoms in total. The highest BCUT2D eigenvalue weighted by atomic mass is 127. The molecule has 8 heteroatoms. The summed E-state index contributed by atoms with van der Waals surface area (Å²) < 4.78 is 0.672. The summed E-state index contributed by atoms with van der Waals surface area (Å²) in [6, 6.07) is 2.68. The molecule has 102 valence electrons. The molecule has 0 bridgehead atoms. The fourth-order valence-corrected chi connectivity index (χ4v) is 1.79. The maximum atomic E-state index is 11.8. The van der Waals surface area contributed by atoms with Crippen molar-refractivity contribution in [1.29, 1.82) is 0 Å². The van der Waals surface area contributed by atoms with Crippen molar-refractivity contribution in [2.75, 3.05) is 0 Å². The average molecular weight is 379 g/mol. The van der Waals surface area contributed by atoms with Gasteiger partial charge in [0.1, 0.15) is 11.8 Å². The van der Waals surface area contributed by atoms with E-state index in [1.165, 1.54) is 12.1 Å². The van der Waals surface area contributed by atoms with E-state index in [4.69, 9.17) is 10.2 Å². The average Bonchev–Trinajstić information content (AvgIpc) is 2.30. The Morgan fingerprint density at radius 3 is 2.42 bits per heavy atom. The van der Waals surface area contributed by atoms with Gasteiger partial charge in [0.25, 0.3) is 5.91 Å². The van der Waals surface area contributed by atoms with Crippen molar-refractivity contribution in [3.8, 4) is 5.75 Å². The lowest BCUT2D eigenvalue weighted by molar-refractivity contribution is -0.145. The molecule has 19 heavy (non-hydrogen) atoms. The molecule has 0 unspecified atom stereocenters. The van der Waals surface area contributed by atoms with Crippen LogP contribution in [0.25, 0.3) is 0 Å². The topological polar surface area (TPSA) is 124 Å². The van der Waals surface area contributed by atoms with Crippen LogP contribution >= 0.6 is 22.6 Å². The van der Waals surface area contributed by atoms with E-state index in [1.807, 2.05) is 27.9 Å². The second-order valence-electron chi connectivity index (χ2n) is 3.62. The van der Waals surface area contributed by atoms with Crippen molar-refractivity contribution in [3.63, 3.8) is 0 Å². The predicted molar refractivity (Wildman–Crippen MR) is 72.0 cm³/mol. The van der Waals surface area contributed by atoms with Crippen LogP contribution in [0, 0.1) is 3.57 Å². The van der Waals surface area contributed by atoms with Crippen LogP contribution < -0.4 is 5.32 Å². The van der Waals surface area contributed by atoms with Crippen LogP contribution in [0.3, 0.4) is 0 Å². The van der Waals surface area contributed by atoms with E-state index in [1.54, 1.807) is 6.07 Å². The second-order valence-corrected chi connectivity index (χ2v) is 4.87. The number of aromatic hydroxyl groups is 1. The summed E-state index contributed by atoms with van der Waals surface area (Å²) in [5, 5.41) is 28.9. The zero-order valence-electron chi connectivity index (χ0n) is 9.46. The Kier molecular flexibility index (Phi) is 5.10. The van der Waals surface area contributed by atoms with Gasteiger partial charge in [0.05, 0.1) is 12.0 Å². The fraction of sp³-hybridized carbons (Fsp3) is 0.182. The number of hydrogen-bond acceptors (Lipinski definition) is 4. The Bertz CT molecular complexity index is 530. The molecule has 0 spiro atoms. The van der Waals surface area contributed by atoms with Crippen molar-refractivity contribution in [2.24, 2.45) is 0 Å². The molecule has 1 atom stereocenters. The number of phenolic OH excluding ortho intramolecular Hbond substituents is 1. The first-order chi connectivity index (χ1) is 8.81. The van der Waals surface area contributed by atoms with E-state index in [2.05, 4.69) is 0 Å². The maximum Gasteiger partial charge on any atom is 0.326 e. The molecular formula is C11H10INO6. The van der Waals surface area contributed by atoms with Gasteiger partial charge < -0.3 is 20.6 Å². The molecule has 0 aliphatic rings. The lowest BCUT2D eigenvalue weighted by Gasteiger charge is -2.13. The molecule has 1 aromatic rings. The van der Waals surface area contributed by atoms with Gasteiger partial charge in [-0.15, -0.1) is 0 Å². The van der Waals surface area contributed by atoms with Gasteiger partial charge in [-0.05, 0) is 40.8 Å². The summed E-state index contributed by atoms with van der Waals surface area (Å²) in [6.07, 6.45) is -0.744. The number of phenols is 1. The van der Waals surface area contributed by atoms with Gasteiger partial charge in [0.2, 0.25) is 0 Å². The minimum atomic E-state index is -1.55. The van der Waals surface area contributed by atoms with Gasteiger partial charge in [-0.2, -0.15) is 0 Å². The third kappa shape index (κ3) is 4.39. The van der Waals surface area contributed by atoms with E-state index >= 15 is 0 Å². The van der Waals surface area contributed by atoms with Crippen molar-refractivity contribution < 1.29 is 29.7 Å². The Hall–Kier alpha value is -1.84. The lowest BCUT2D eigenvalue weighted by Crippen LogP contribution is -2.42. The highest BCUT2D eigenvalue weighted by molar-refractivity contribution is 14.1. The molecule has 1 amide bonds. The first-order valence-corrected chi connectivity index (χ1v) is 6.13. The zero-order valence-corrected chi connectivity index (χ0v) is 11.6. The van der Waals surface area contributed by atoms with E-state index in [0.29, 0.717) is 3.57 Å². The normalized spacial score (nSPS) is 11.6. The molecule has 0 aromatic heterocycles. The molecule has 0 fully saturated rings. The highest BCUT2D eigenvalue weighted by Crippen LogP contribution is 2.19. The van der Waals surface area contributed by atoms with E-state index in [-0.39, 0.29) is 11.3 Å². The minimum Gasteiger partial charge on any atom is -0.507 e. The number of amides is 1. The number of carbonyl (C=O) groups is 3. The minimum absolute atomic E-state index is 0.108. The van der Waals surface area contributed by atoms with Crippen molar-refractivity contribution >= 4 is 40.4 Å². The van der Waals surface area contributed by atoms with Gasteiger partial charge in [0.15, 0.2) is 0 Å². The van der Waals surface area contributed by atoms with Gasteiger partial charge in [-0.3, -0.25) is 9.59 Å². The Labute approximate surface area is 121 Å². The second kappa shape index (κ2) is 6.36. The zero-order chi connectivity index (χ0) is 14.6. The summed E-state index contributed by atoms with van der Waals surface area (Å²) in [5.41, 5.74) is -0.108. The molecule has 0 heterocycles. The van der Waals surface area contributed by atoms with Crippen molar-refractivity contribution in [2.45, 2.75) is 12.5 Å². The molecule has 0 saturated carbocycles. The third-order valence-corrected chi connectivity index (χ3v) is 2.86. The molecule has 0 radical (unpaired) electrons. The first-order valence-electron chi connectivity index (χ1n) is 5.05. The van der Waals surface area contributed by atoms with Crippen molar-refractivity contribution in [3.05, 3.63) is 27.3 Å². The number of carboxylic acid groups (broad SMARTS) is 2. The van der Waals surface area contributed by atoms with Crippen LogP contribution in [0.5, 0.6) is 5.75 Å². The molecule has 1 aromatic carbocycles. The van der Waals surface area contributed by atoms with Gasteiger partial charge in [-0.25, -0.2) is 4.79 Å². The molecule has 0 aliphatic heterocycles. The van der Waals surface area contributed by atoms with Crippen LogP contribution in [0.15, 0.2) is 18.2 Å². The molecule has 0 saturated heterocycles. The van der Waals surface area contributed by atoms with Crippen LogP contribution in [0.1, 0.15) is 16.8 Å².